The van der Waals surface area contributed by atoms with E-state index >= 15 is 0 Å². The summed E-state index contributed by atoms with van der Waals surface area (Å²) >= 11 is 0. The van der Waals surface area contributed by atoms with Crippen molar-refractivity contribution in [3.05, 3.63) is 78.9 Å². The summed E-state index contributed by atoms with van der Waals surface area (Å²) in [5, 5.41) is 0. The zero-order valence-electron chi connectivity index (χ0n) is 10.5. The van der Waals surface area contributed by atoms with Crippen LogP contribution in [0.3, 0.4) is 0 Å². The quantitative estimate of drug-likeness (QED) is 0.519. The summed E-state index contributed by atoms with van der Waals surface area (Å²) in [6, 6.07) is 11.9. The van der Waals surface area contributed by atoms with Crippen LogP contribution in [-0.4, -0.2) is 14.5 Å². The summed E-state index contributed by atoms with van der Waals surface area (Å²) in [5.41, 5.74) is 2.05. The normalized spacial score (nSPS) is 10.5. The standard InChI is InChI=1S/C15H14N4/c1-3-7-16-14(5-1)11-18-9-10-19(13-18)12-15-6-2-4-8-17-15/h1-10H,11-12H2. The number of aromatic nitrogens is 4. The highest BCUT2D eigenvalue weighted by molar-refractivity contribution is 5.04. The smallest absolute Gasteiger partial charge is 0.204 e. The SMILES string of the molecule is [c-]1n(Cc2ccccn2)cc[n+]1Cc1ccccn1. The molecular weight excluding hydrogens is 236 g/mol. The molecule has 94 valence electrons. The molecule has 0 aromatic carbocycles. The van der Waals surface area contributed by atoms with Gasteiger partial charge in [-0.05, 0) is 36.7 Å². The van der Waals surface area contributed by atoms with Crippen LogP contribution in [0.1, 0.15) is 11.4 Å². The van der Waals surface area contributed by atoms with Crippen molar-refractivity contribution in [1.82, 2.24) is 14.5 Å². The van der Waals surface area contributed by atoms with Gasteiger partial charge in [-0.1, -0.05) is 12.1 Å². The molecule has 0 fully saturated rings. The lowest BCUT2D eigenvalue weighted by atomic mass is 10.3. The number of hydrogen-bond acceptors (Lipinski definition) is 2. The van der Waals surface area contributed by atoms with Gasteiger partial charge in [-0.25, -0.2) is 0 Å². The van der Waals surface area contributed by atoms with Crippen LogP contribution in [0, 0.1) is 6.33 Å². The van der Waals surface area contributed by atoms with Crippen LogP contribution in [0.15, 0.2) is 61.2 Å². The molecule has 0 unspecified atom stereocenters. The van der Waals surface area contributed by atoms with Gasteiger partial charge >= 0.3 is 0 Å². The predicted molar refractivity (Wildman–Crippen MR) is 70.1 cm³/mol. The van der Waals surface area contributed by atoms with Gasteiger partial charge in [0, 0.05) is 12.4 Å². The molecule has 19 heavy (non-hydrogen) atoms. The third-order valence-corrected chi connectivity index (χ3v) is 2.80. The molecule has 0 radical (unpaired) electrons. The Bertz CT molecular complexity index is 576. The van der Waals surface area contributed by atoms with Crippen molar-refractivity contribution < 1.29 is 4.57 Å². The fourth-order valence-corrected chi connectivity index (χ4v) is 1.90. The van der Waals surface area contributed by atoms with E-state index in [0.717, 1.165) is 24.5 Å². The lowest BCUT2D eigenvalue weighted by Gasteiger charge is -2.01. The van der Waals surface area contributed by atoms with E-state index in [1.807, 2.05) is 57.9 Å². The Morgan fingerprint density at radius 2 is 1.74 bits per heavy atom. The maximum absolute atomic E-state index is 4.30. The summed E-state index contributed by atoms with van der Waals surface area (Å²) in [6.07, 6.45) is 10.9. The Morgan fingerprint density at radius 1 is 1.00 bits per heavy atom. The second-order valence-electron chi connectivity index (χ2n) is 4.30. The van der Waals surface area contributed by atoms with E-state index in [4.69, 9.17) is 0 Å². The molecule has 0 saturated heterocycles. The largest absolute Gasteiger partial charge is 0.346 e. The topological polar surface area (TPSA) is 34.6 Å². The van der Waals surface area contributed by atoms with Crippen molar-refractivity contribution in [3.63, 3.8) is 0 Å². The molecule has 0 N–H and O–H groups in total. The summed E-state index contributed by atoms with van der Waals surface area (Å²) in [4.78, 5) is 8.61. The molecule has 0 atom stereocenters. The van der Waals surface area contributed by atoms with Gasteiger partial charge in [0.1, 0.15) is 13.1 Å². The Hall–Kier alpha value is -2.49. The molecule has 3 aromatic rings. The van der Waals surface area contributed by atoms with Crippen molar-refractivity contribution in [2.45, 2.75) is 13.1 Å². The minimum atomic E-state index is 0.732. The summed E-state index contributed by atoms with van der Waals surface area (Å²) < 4.78 is 3.98. The van der Waals surface area contributed by atoms with E-state index in [9.17, 15) is 0 Å². The fourth-order valence-electron chi connectivity index (χ4n) is 1.90. The van der Waals surface area contributed by atoms with E-state index in [0.29, 0.717) is 0 Å². The lowest BCUT2D eigenvalue weighted by Crippen LogP contribution is -2.32. The molecule has 3 aromatic heterocycles. The van der Waals surface area contributed by atoms with Crippen LogP contribution in [0.4, 0.5) is 0 Å². The summed E-state index contributed by atoms with van der Waals surface area (Å²) in [6.45, 7) is 1.46. The Kier molecular flexibility index (Phi) is 3.32. The molecule has 0 aliphatic carbocycles. The van der Waals surface area contributed by atoms with E-state index in [2.05, 4.69) is 16.3 Å². The average molecular weight is 250 g/mol. The van der Waals surface area contributed by atoms with Gasteiger partial charge in [-0.3, -0.25) is 9.97 Å². The first-order chi connectivity index (χ1) is 9.40. The first-order valence-corrected chi connectivity index (χ1v) is 6.18. The second kappa shape index (κ2) is 5.44. The van der Waals surface area contributed by atoms with Crippen molar-refractivity contribution in [2.24, 2.45) is 0 Å². The molecule has 4 heteroatoms. The van der Waals surface area contributed by atoms with Gasteiger partial charge in [0.2, 0.25) is 6.33 Å². The van der Waals surface area contributed by atoms with Crippen molar-refractivity contribution in [2.75, 3.05) is 0 Å². The van der Waals surface area contributed by atoms with Crippen LogP contribution in [-0.2, 0) is 13.1 Å². The number of rotatable bonds is 4. The maximum atomic E-state index is 4.30. The zero-order valence-corrected chi connectivity index (χ0v) is 10.5. The highest BCUT2D eigenvalue weighted by Crippen LogP contribution is 1.97. The molecule has 0 saturated carbocycles. The minimum absolute atomic E-state index is 0.732. The Labute approximate surface area is 112 Å². The Morgan fingerprint density at radius 3 is 2.42 bits per heavy atom. The van der Waals surface area contributed by atoms with Gasteiger partial charge < -0.3 is 9.13 Å². The third kappa shape index (κ3) is 3.04. The summed E-state index contributed by atoms with van der Waals surface area (Å²) in [5.74, 6) is 0. The second-order valence-corrected chi connectivity index (χ2v) is 4.30. The monoisotopic (exact) mass is 250 g/mol. The first-order valence-electron chi connectivity index (χ1n) is 6.18. The zero-order chi connectivity index (χ0) is 12.9. The molecule has 0 spiro atoms. The van der Waals surface area contributed by atoms with Gasteiger partial charge in [0.05, 0.1) is 11.4 Å². The molecule has 0 aliphatic heterocycles. The highest BCUT2D eigenvalue weighted by Gasteiger charge is 2.00. The van der Waals surface area contributed by atoms with E-state index in [1.165, 1.54) is 0 Å². The third-order valence-electron chi connectivity index (χ3n) is 2.80. The van der Waals surface area contributed by atoms with Crippen LogP contribution in [0.5, 0.6) is 0 Å². The molecule has 0 amide bonds. The van der Waals surface area contributed by atoms with Crippen LogP contribution in [0.2, 0.25) is 0 Å². The van der Waals surface area contributed by atoms with Crippen molar-refractivity contribution in [1.29, 1.82) is 0 Å². The van der Waals surface area contributed by atoms with Gasteiger partial charge in [-0.2, -0.15) is 0 Å². The molecule has 0 aliphatic rings. The fraction of sp³-hybridized carbons (Fsp3) is 0.133. The molecule has 3 rings (SSSR count). The van der Waals surface area contributed by atoms with Crippen LogP contribution < -0.4 is 4.57 Å². The minimum Gasteiger partial charge on any atom is -0.346 e. The number of hydrogen-bond donors (Lipinski definition) is 0. The summed E-state index contributed by atoms with van der Waals surface area (Å²) in [7, 11) is 0. The van der Waals surface area contributed by atoms with Gasteiger partial charge in [0.25, 0.3) is 0 Å². The van der Waals surface area contributed by atoms with Gasteiger partial charge in [-0.15, -0.1) is 0 Å². The van der Waals surface area contributed by atoms with Gasteiger partial charge in [0.15, 0.2) is 0 Å². The van der Waals surface area contributed by atoms with E-state index in [-0.39, 0.29) is 0 Å². The highest BCUT2D eigenvalue weighted by atomic mass is 15.1. The first kappa shape index (κ1) is 11.6. The van der Waals surface area contributed by atoms with E-state index < -0.39 is 0 Å². The predicted octanol–water partition coefficient (Wildman–Crippen LogP) is 1.46. The van der Waals surface area contributed by atoms with Crippen molar-refractivity contribution >= 4 is 0 Å². The molecular formula is C15H14N4. The Balaban J connectivity index is 1.70. The number of pyridine rings is 2. The van der Waals surface area contributed by atoms with Crippen LogP contribution in [0.25, 0.3) is 0 Å². The lowest BCUT2D eigenvalue weighted by molar-refractivity contribution is -0.692. The van der Waals surface area contributed by atoms with Crippen LogP contribution >= 0.6 is 0 Å². The van der Waals surface area contributed by atoms with E-state index in [1.54, 1.807) is 12.4 Å². The molecule has 0 bridgehead atoms. The average Bonchev–Trinajstić information content (AvgIpc) is 2.88. The number of imidazole rings is 1. The van der Waals surface area contributed by atoms with Crippen molar-refractivity contribution in [3.8, 4) is 0 Å². The molecule has 4 nitrogen and oxygen atoms in total. The molecule has 3 heterocycles. The maximum Gasteiger partial charge on any atom is 0.204 e. The number of nitrogens with zero attached hydrogens (tertiary/aromatic N) is 4.